The highest BCUT2D eigenvalue weighted by Crippen LogP contribution is 2.34. The van der Waals surface area contributed by atoms with E-state index < -0.39 is 0 Å². The highest BCUT2D eigenvalue weighted by molar-refractivity contribution is 5.94. The van der Waals surface area contributed by atoms with Crippen LogP contribution in [-0.2, 0) is 16.8 Å². The van der Waals surface area contributed by atoms with Crippen LogP contribution in [0.5, 0.6) is 5.75 Å². The zero-order valence-electron chi connectivity index (χ0n) is 17.4. The molecule has 31 heavy (non-hydrogen) atoms. The van der Waals surface area contributed by atoms with Crippen molar-refractivity contribution in [2.75, 3.05) is 19.8 Å². The summed E-state index contributed by atoms with van der Waals surface area (Å²) in [4.78, 5) is 12.8. The number of ether oxygens (including phenoxy) is 2. The molecule has 0 radical (unpaired) electrons. The number of amides is 1. The maximum atomic E-state index is 13.4. The molecule has 0 aromatic heterocycles. The number of rotatable bonds is 7. The number of hydrogen-bond acceptors (Lipinski definition) is 3. The van der Waals surface area contributed by atoms with Crippen molar-refractivity contribution in [3.63, 3.8) is 0 Å². The van der Waals surface area contributed by atoms with Crippen LogP contribution < -0.4 is 10.1 Å². The van der Waals surface area contributed by atoms with Gasteiger partial charge in [-0.1, -0.05) is 42.5 Å². The topological polar surface area (TPSA) is 47.6 Å². The van der Waals surface area contributed by atoms with Crippen molar-refractivity contribution in [2.45, 2.75) is 24.9 Å². The molecular formula is C26H26FNO3. The SMILES string of the molecule is O=C(NCC1(c2ccc(F)cc2)CCOCC1)c1ccc(COc2ccccc2)cc1. The minimum atomic E-state index is -0.258. The Morgan fingerprint density at radius 3 is 2.29 bits per heavy atom. The van der Waals surface area contributed by atoms with Crippen LogP contribution in [0.3, 0.4) is 0 Å². The second-order valence-corrected chi connectivity index (χ2v) is 7.88. The molecular weight excluding hydrogens is 393 g/mol. The van der Waals surface area contributed by atoms with Crippen molar-refractivity contribution in [1.29, 1.82) is 0 Å². The Hall–Kier alpha value is -3.18. The number of carbonyl (C=O) groups excluding carboxylic acids is 1. The highest BCUT2D eigenvalue weighted by atomic mass is 19.1. The van der Waals surface area contributed by atoms with Gasteiger partial charge in [0.15, 0.2) is 0 Å². The van der Waals surface area contributed by atoms with Crippen LogP contribution in [0.15, 0.2) is 78.9 Å². The Bertz CT molecular complexity index is 981. The third-order valence-electron chi connectivity index (χ3n) is 5.86. The number of halogens is 1. The summed E-state index contributed by atoms with van der Waals surface area (Å²) in [5.41, 5.74) is 2.38. The quantitative estimate of drug-likeness (QED) is 0.594. The van der Waals surface area contributed by atoms with Crippen molar-refractivity contribution in [1.82, 2.24) is 5.32 Å². The second-order valence-electron chi connectivity index (χ2n) is 7.88. The van der Waals surface area contributed by atoms with Gasteiger partial charge < -0.3 is 14.8 Å². The molecule has 1 N–H and O–H groups in total. The van der Waals surface area contributed by atoms with Gasteiger partial charge in [-0.25, -0.2) is 4.39 Å². The first-order valence-corrected chi connectivity index (χ1v) is 10.5. The maximum Gasteiger partial charge on any atom is 0.251 e. The maximum absolute atomic E-state index is 13.4. The van der Waals surface area contributed by atoms with Crippen LogP contribution >= 0.6 is 0 Å². The molecule has 160 valence electrons. The average molecular weight is 419 g/mol. The number of nitrogens with one attached hydrogen (secondary N) is 1. The van der Waals surface area contributed by atoms with Gasteiger partial charge in [0.2, 0.25) is 0 Å². The van der Waals surface area contributed by atoms with E-state index in [1.807, 2.05) is 66.7 Å². The molecule has 0 atom stereocenters. The van der Waals surface area contributed by atoms with Crippen molar-refractivity contribution in [2.24, 2.45) is 0 Å². The van der Waals surface area contributed by atoms with Crippen molar-refractivity contribution in [3.05, 3.63) is 101 Å². The van der Waals surface area contributed by atoms with Crippen molar-refractivity contribution >= 4 is 5.91 Å². The summed E-state index contributed by atoms with van der Waals surface area (Å²) in [7, 11) is 0. The van der Waals surface area contributed by atoms with E-state index in [0.717, 1.165) is 29.7 Å². The van der Waals surface area contributed by atoms with Gasteiger partial charge in [0.1, 0.15) is 18.2 Å². The average Bonchev–Trinajstić information content (AvgIpc) is 2.83. The molecule has 5 heteroatoms. The van der Waals surface area contributed by atoms with Crippen LogP contribution in [0.1, 0.15) is 34.3 Å². The first-order chi connectivity index (χ1) is 15.1. The van der Waals surface area contributed by atoms with Crippen LogP contribution in [0.4, 0.5) is 4.39 Å². The van der Waals surface area contributed by atoms with Crippen LogP contribution in [0, 0.1) is 5.82 Å². The van der Waals surface area contributed by atoms with E-state index in [-0.39, 0.29) is 17.1 Å². The molecule has 3 aromatic rings. The molecule has 4 nitrogen and oxygen atoms in total. The fourth-order valence-electron chi connectivity index (χ4n) is 3.92. The Morgan fingerprint density at radius 2 is 1.61 bits per heavy atom. The molecule has 0 bridgehead atoms. The predicted octanol–water partition coefficient (Wildman–Crippen LogP) is 4.88. The van der Waals surface area contributed by atoms with E-state index in [4.69, 9.17) is 9.47 Å². The molecule has 0 unspecified atom stereocenters. The minimum absolute atomic E-state index is 0.122. The Kier molecular flexibility index (Phi) is 6.63. The molecule has 0 spiro atoms. The summed E-state index contributed by atoms with van der Waals surface area (Å²) in [6.07, 6.45) is 1.57. The van der Waals surface area contributed by atoms with E-state index in [9.17, 15) is 9.18 Å². The fourth-order valence-corrected chi connectivity index (χ4v) is 3.92. The smallest absolute Gasteiger partial charge is 0.251 e. The van der Waals surface area contributed by atoms with Gasteiger partial charge in [-0.05, 0) is 60.4 Å². The van der Waals surface area contributed by atoms with Gasteiger partial charge in [0.05, 0.1) is 0 Å². The first kappa shape index (κ1) is 21.1. The standard InChI is InChI=1S/C26H26FNO3/c27-23-12-10-22(11-13-23)26(14-16-30-17-15-26)19-28-25(29)21-8-6-20(7-9-21)18-31-24-4-2-1-3-5-24/h1-13H,14-19H2,(H,28,29). The summed E-state index contributed by atoms with van der Waals surface area (Å²) in [5, 5.41) is 3.08. The first-order valence-electron chi connectivity index (χ1n) is 10.5. The molecule has 1 aliphatic heterocycles. The van der Waals surface area contributed by atoms with Gasteiger partial charge in [-0.2, -0.15) is 0 Å². The van der Waals surface area contributed by atoms with E-state index in [1.165, 1.54) is 12.1 Å². The Labute approximate surface area is 182 Å². The molecule has 4 rings (SSSR count). The lowest BCUT2D eigenvalue weighted by Gasteiger charge is -2.38. The number of para-hydroxylation sites is 1. The minimum Gasteiger partial charge on any atom is -0.489 e. The normalized spacial score (nSPS) is 15.3. The number of benzene rings is 3. The third-order valence-corrected chi connectivity index (χ3v) is 5.86. The Morgan fingerprint density at radius 1 is 0.935 bits per heavy atom. The number of carbonyl (C=O) groups is 1. The monoisotopic (exact) mass is 419 g/mol. The predicted molar refractivity (Wildman–Crippen MR) is 118 cm³/mol. The summed E-state index contributed by atoms with van der Waals surface area (Å²) in [5.74, 6) is 0.432. The van der Waals surface area contributed by atoms with Crippen LogP contribution in [0.25, 0.3) is 0 Å². The summed E-state index contributed by atoms with van der Waals surface area (Å²) in [6.45, 7) is 2.19. The van der Waals surface area contributed by atoms with Gasteiger partial charge in [-0.15, -0.1) is 0 Å². The zero-order valence-corrected chi connectivity index (χ0v) is 17.4. The van der Waals surface area contributed by atoms with Crippen molar-refractivity contribution in [3.8, 4) is 5.75 Å². The van der Waals surface area contributed by atoms with E-state index >= 15 is 0 Å². The lowest BCUT2D eigenvalue weighted by atomic mass is 9.74. The lowest BCUT2D eigenvalue weighted by molar-refractivity contribution is 0.0487. The molecule has 1 fully saturated rings. The summed E-state index contributed by atoms with van der Waals surface area (Å²) >= 11 is 0. The second kappa shape index (κ2) is 9.75. The van der Waals surface area contributed by atoms with E-state index in [0.29, 0.717) is 31.9 Å². The van der Waals surface area contributed by atoms with Gasteiger partial charge in [-0.3, -0.25) is 4.79 Å². The lowest BCUT2D eigenvalue weighted by Crippen LogP contribution is -2.44. The third kappa shape index (κ3) is 5.30. The molecule has 1 heterocycles. The van der Waals surface area contributed by atoms with Gasteiger partial charge in [0.25, 0.3) is 5.91 Å². The molecule has 0 saturated carbocycles. The molecule has 3 aromatic carbocycles. The van der Waals surface area contributed by atoms with E-state index in [2.05, 4.69) is 5.32 Å². The summed E-state index contributed by atoms with van der Waals surface area (Å²) < 4.78 is 24.7. The van der Waals surface area contributed by atoms with Crippen molar-refractivity contribution < 1.29 is 18.7 Å². The molecule has 1 amide bonds. The molecule has 1 aliphatic rings. The molecule has 1 saturated heterocycles. The fraction of sp³-hybridized carbons (Fsp3) is 0.269. The highest BCUT2D eigenvalue weighted by Gasteiger charge is 2.35. The zero-order chi connectivity index (χ0) is 21.5. The Balaban J connectivity index is 1.38. The van der Waals surface area contributed by atoms with E-state index in [1.54, 1.807) is 0 Å². The molecule has 0 aliphatic carbocycles. The van der Waals surface area contributed by atoms with Crippen LogP contribution in [-0.4, -0.2) is 25.7 Å². The summed E-state index contributed by atoms with van der Waals surface area (Å²) in [6, 6.07) is 23.6. The van der Waals surface area contributed by atoms with Crippen LogP contribution in [0.2, 0.25) is 0 Å². The number of hydrogen-bond donors (Lipinski definition) is 1. The van der Waals surface area contributed by atoms with Gasteiger partial charge in [0, 0.05) is 30.7 Å². The van der Waals surface area contributed by atoms with Gasteiger partial charge >= 0.3 is 0 Å². The largest absolute Gasteiger partial charge is 0.489 e.